The van der Waals surface area contributed by atoms with Gasteiger partial charge in [0.05, 0.1) is 6.26 Å². The Balaban J connectivity index is 2.08. The number of nitrogens with one attached hydrogen (secondary N) is 3. The molecule has 1 heterocycles. The van der Waals surface area contributed by atoms with Gasteiger partial charge in [-0.15, -0.1) is 0 Å². The molecule has 1 atom stereocenters. The first kappa shape index (κ1) is 16.3. The molecule has 3 N–H and O–H groups in total. The Morgan fingerprint density at radius 2 is 1.78 bits per heavy atom. The lowest BCUT2D eigenvalue weighted by atomic mass is 10.1. The van der Waals surface area contributed by atoms with Crippen LogP contribution < -0.4 is 16.2 Å². The summed E-state index contributed by atoms with van der Waals surface area (Å²) in [6.07, 6.45) is 1.65. The van der Waals surface area contributed by atoms with Crippen molar-refractivity contribution in [1.82, 2.24) is 16.2 Å². The van der Waals surface area contributed by atoms with Gasteiger partial charge in [0, 0.05) is 13.3 Å². The Kier molecular flexibility index (Phi) is 5.51. The highest BCUT2D eigenvalue weighted by atomic mass is 16.3. The topological polar surface area (TPSA) is 100 Å². The van der Waals surface area contributed by atoms with Crippen LogP contribution >= 0.6 is 0 Å². The van der Waals surface area contributed by atoms with Crippen LogP contribution in [0.4, 0.5) is 0 Å². The van der Waals surface area contributed by atoms with Crippen molar-refractivity contribution in [3.8, 4) is 0 Å². The predicted molar refractivity (Wildman–Crippen MR) is 82.1 cm³/mol. The van der Waals surface area contributed by atoms with Crippen LogP contribution in [0.1, 0.15) is 23.0 Å². The summed E-state index contributed by atoms with van der Waals surface area (Å²) in [6.45, 7) is 1.27. The van der Waals surface area contributed by atoms with E-state index in [0.29, 0.717) is 0 Å². The Morgan fingerprint density at radius 3 is 2.39 bits per heavy atom. The molecule has 0 radical (unpaired) electrons. The van der Waals surface area contributed by atoms with Gasteiger partial charge in [0.25, 0.3) is 11.8 Å². The third kappa shape index (κ3) is 4.99. The van der Waals surface area contributed by atoms with E-state index in [1.165, 1.54) is 19.3 Å². The minimum Gasteiger partial charge on any atom is -0.459 e. The van der Waals surface area contributed by atoms with Crippen LogP contribution in [0.3, 0.4) is 0 Å². The number of hydrogen-bond acceptors (Lipinski definition) is 4. The number of hydrogen-bond donors (Lipinski definition) is 3. The zero-order valence-corrected chi connectivity index (χ0v) is 12.5. The van der Waals surface area contributed by atoms with E-state index in [-0.39, 0.29) is 12.2 Å². The van der Waals surface area contributed by atoms with Gasteiger partial charge < -0.3 is 9.73 Å². The summed E-state index contributed by atoms with van der Waals surface area (Å²) in [5.74, 6) is -1.33. The van der Waals surface area contributed by atoms with E-state index < -0.39 is 23.8 Å². The number of rotatable bonds is 5. The summed E-state index contributed by atoms with van der Waals surface area (Å²) < 4.78 is 5.01. The number of benzene rings is 1. The van der Waals surface area contributed by atoms with E-state index in [4.69, 9.17) is 4.42 Å². The molecular weight excluding hydrogens is 298 g/mol. The summed E-state index contributed by atoms with van der Waals surface area (Å²) in [5.41, 5.74) is 5.35. The number of hydrazine groups is 1. The van der Waals surface area contributed by atoms with Gasteiger partial charge in [-0.2, -0.15) is 0 Å². The second kappa shape index (κ2) is 7.79. The summed E-state index contributed by atoms with van der Waals surface area (Å²) in [7, 11) is 0. The van der Waals surface area contributed by atoms with Crippen LogP contribution in [-0.4, -0.2) is 23.8 Å². The number of furan rings is 1. The highest BCUT2D eigenvalue weighted by Gasteiger charge is 2.23. The maximum Gasteiger partial charge on any atom is 0.287 e. The molecule has 7 nitrogen and oxygen atoms in total. The van der Waals surface area contributed by atoms with Crippen molar-refractivity contribution in [1.29, 1.82) is 0 Å². The van der Waals surface area contributed by atoms with E-state index in [1.54, 1.807) is 6.07 Å². The molecule has 1 aromatic heterocycles. The lowest BCUT2D eigenvalue weighted by Crippen LogP contribution is -2.52. The third-order valence-electron chi connectivity index (χ3n) is 3.01. The van der Waals surface area contributed by atoms with Gasteiger partial charge in [-0.3, -0.25) is 25.2 Å². The molecule has 2 aromatic rings. The molecule has 7 heteroatoms. The zero-order chi connectivity index (χ0) is 16.7. The van der Waals surface area contributed by atoms with Crippen LogP contribution in [0, 0.1) is 0 Å². The van der Waals surface area contributed by atoms with Crippen molar-refractivity contribution < 1.29 is 18.8 Å². The third-order valence-corrected chi connectivity index (χ3v) is 3.01. The molecule has 0 aliphatic rings. The highest BCUT2D eigenvalue weighted by molar-refractivity contribution is 5.95. The average molecular weight is 315 g/mol. The summed E-state index contributed by atoms with van der Waals surface area (Å²) >= 11 is 0. The maximum absolute atomic E-state index is 12.2. The standard InChI is InChI=1S/C16H17N3O4/c1-11(20)18-19-15(21)13(10-12-6-3-2-4-7-12)17-16(22)14-8-5-9-23-14/h2-9,13H,10H2,1H3,(H,17,22)(H,18,20)(H,19,21). The van der Waals surface area contributed by atoms with E-state index >= 15 is 0 Å². The monoisotopic (exact) mass is 315 g/mol. The van der Waals surface area contributed by atoms with Gasteiger partial charge in [-0.25, -0.2) is 0 Å². The van der Waals surface area contributed by atoms with E-state index in [0.717, 1.165) is 5.56 Å². The Hall–Kier alpha value is -3.09. The first-order chi connectivity index (χ1) is 11.1. The highest BCUT2D eigenvalue weighted by Crippen LogP contribution is 2.06. The molecule has 2 rings (SSSR count). The van der Waals surface area contributed by atoms with Crippen molar-refractivity contribution in [2.75, 3.05) is 0 Å². The van der Waals surface area contributed by atoms with Crippen molar-refractivity contribution in [3.63, 3.8) is 0 Å². The fourth-order valence-corrected chi connectivity index (χ4v) is 1.93. The lowest BCUT2D eigenvalue weighted by Gasteiger charge is -2.18. The minimum atomic E-state index is -0.859. The molecular formula is C16H17N3O4. The van der Waals surface area contributed by atoms with Crippen LogP contribution in [0.25, 0.3) is 0 Å². The molecule has 3 amide bonds. The number of carbonyl (C=O) groups is 3. The maximum atomic E-state index is 12.2. The van der Waals surface area contributed by atoms with Crippen molar-refractivity contribution >= 4 is 17.7 Å². The predicted octanol–water partition coefficient (Wildman–Crippen LogP) is 0.788. The average Bonchev–Trinajstić information content (AvgIpc) is 3.07. The molecule has 1 aromatic carbocycles. The van der Waals surface area contributed by atoms with Gasteiger partial charge >= 0.3 is 0 Å². The molecule has 0 fully saturated rings. The summed E-state index contributed by atoms with van der Waals surface area (Å²) in [6, 6.07) is 11.5. The van der Waals surface area contributed by atoms with E-state index in [2.05, 4.69) is 16.2 Å². The largest absolute Gasteiger partial charge is 0.459 e. The Bertz CT molecular complexity index is 668. The molecule has 23 heavy (non-hydrogen) atoms. The van der Waals surface area contributed by atoms with Gasteiger partial charge in [0.2, 0.25) is 5.91 Å². The van der Waals surface area contributed by atoms with Crippen molar-refractivity contribution in [2.45, 2.75) is 19.4 Å². The normalized spacial score (nSPS) is 11.3. The number of carbonyl (C=O) groups excluding carboxylic acids is 3. The van der Waals surface area contributed by atoms with E-state index in [9.17, 15) is 14.4 Å². The van der Waals surface area contributed by atoms with Crippen molar-refractivity contribution in [2.24, 2.45) is 0 Å². The van der Waals surface area contributed by atoms with Gasteiger partial charge in [0.15, 0.2) is 5.76 Å². The molecule has 0 bridgehead atoms. The second-order valence-corrected chi connectivity index (χ2v) is 4.86. The van der Waals surface area contributed by atoms with E-state index in [1.807, 2.05) is 30.3 Å². The van der Waals surface area contributed by atoms with Gasteiger partial charge in [-0.1, -0.05) is 30.3 Å². The SMILES string of the molecule is CC(=O)NNC(=O)C(Cc1ccccc1)NC(=O)c1ccco1. The number of amides is 3. The second-order valence-electron chi connectivity index (χ2n) is 4.86. The first-order valence-electron chi connectivity index (χ1n) is 7.01. The summed E-state index contributed by atoms with van der Waals surface area (Å²) in [4.78, 5) is 35.2. The summed E-state index contributed by atoms with van der Waals surface area (Å²) in [5, 5.41) is 2.60. The molecule has 0 saturated carbocycles. The lowest BCUT2D eigenvalue weighted by molar-refractivity contribution is -0.129. The zero-order valence-electron chi connectivity index (χ0n) is 12.5. The molecule has 0 aliphatic heterocycles. The quantitative estimate of drug-likeness (QED) is 0.710. The van der Waals surface area contributed by atoms with Crippen LogP contribution in [-0.2, 0) is 16.0 Å². The molecule has 1 unspecified atom stereocenters. The van der Waals surface area contributed by atoms with Crippen LogP contribution in [0.15, 0.2) is 53.1 Å². The molecule has 120 valence electrons. The molecule has 0 aliphatic carbocycles. The first-order valence-corrected chi connectivity index (χ1v) is 7.01. The van der Waals surface area contributed by atoms with Crippen LogP contribution in [0.2, 0.25) is 0 Å². The van der Waals surface area contributed by atoms with Gasteiger partial charge in [-0.05, 0) is 17.7 Å². The fraction of sp³-hybridized carbons (Fsp3) is 0.188. The van der Waals surface area contributed by atoms with Gasteiger partial charge in [0.1, 0.15) is 6.04 Å². The minimum absolute atomic E-state index is 0.107. The Labute approximate surface area is 133 Å². The smallest absolute Gasteiger partial charge is 0.287 e. The van der Waals surface area contributed by atoms with Crippen molar-refractivity contribution in [3.05, 3.63) is 60.1 Å². The molecule has 0 spiro atoms. The fourth-order valence-electron chi connectivity index (χ4n) is 1.93. The molecule has 0 saturated heterocycles. The van der Waals surface area contributed by atoms with Crippen LogP contribution in [0.5, 0.6) is 0 Å². The Morgan fingerprint density at radius 1 is 1.04 bits per heavy atom.